The predicted octanol–water partition coefficient (Wildman–Crippen LogP) is 3.38. The molecule has 5 aliphatic rings. The van der Waals surface area contributed by atoms with Crippen LogP contribution < -0.4 is 69.6 Å². The van der Waals surface area contributed by atoms with Gasteiger partial charge in [0.25, 0.3) is 0 Å². The number of halogens is 1. The van der Waals surface area contributed by atoms with Gasteiger partial charge in [0, 0.05) is 76.8 Å². The van der Waals surface area contributed by atoms with Crippen molar-refractivity contribution in [1.29, 1.82) is 0 Å². The van der Waals surface area contributed by atoms with E-state index in [2.05, 4.69) is 22.8 Å². The van der Waals surface area contributed by atoms with Crippen LogP contribution in [0.5, 0.6) is 28.7 Å². The maximum Gasteiger partial charge on any atom is 1.00 e. The largest absolute Gasteiger partial charge is 1.00 e. The van der Waals surface area contributed by atoms with Crippen LogP contribution in [0.15, 0.2) is 97.1 Å². The number of nitrogens with one attached hydrogen (secondary N) is 2. The van der Waals surface area contributed by atoms with E-state index in [4.69, 9.17) is 34.5 Å². The molecule has 5 heterocycles. The van der Waals surface area contributed by atoms with Gasteiger partial charge in [0.2, 0.25) is 0 Å². The van der Waals surface area contributed by atoms with Gasteiger partial charge in [0.1, 0.15) is 35.4 Å². The maximum absolute atomic E-state index is 11.8. The van der Waals surface area contributed by atoms with E-state index in [1.807, 2.05) is 78.9 Å². The van der Waals surface area contributed by atoms with Crippen molar-refractivity contribution in [3.63, 3.8) is 0 Å². The Balaban J connectivity index is 0.000000207. The van der Waals surface area contributed by atoms with Crippen molar-refractivity contribution in [2.75, 3.05) is 46.3 Å². The number of rotatable bonds is 7. The number of aliphatic hydroxyl groups is 1. The average molecular weight is 841 g/mol. The molecule has 0 bridgehead atoms. The summed E-state index contributed by atoms with van der Waals surface area (Å²) >= 11 is 0. The summed E-state index contributed by atoms with van der Waals surface area (Å²) in [5.41, 5.74) is 15.4. The maximum atomic E-state index is 11.8. The van der Waals surface area contributed by atoms with E-state index < -0.39 is 6.67 Å². The van der Waals surface area contributed by atoms with E-state index in [-0.39, 0.29) is 58.6 Å². The fourth-order valence-electron chi connectivity index (χ4n) is 7.13. The Labute approximate surface area is 382 Å². The van der Waals surface area contributed by atoms with Gasteiger partial charge in [-0.2, -0.15) is 0 Å². The quantitative estimate of drug-likeness (QED) is 0.143. The topological polar surface area (TPSA) is 151 Å². The summed E-state index contributed by atoms with van der Waals surface area (Å²) in [6, 6.07) is 31.4. The van der Waals surface area contributed by atoms with Gasteiger partial charge < -0.3 is 46.6 Å². The summed E-state index contributed by atoms with van der Waals surface area (Å²) in [6.45, 7) is 4.35. The summed E-state index contributed by atoms with van der Waals surface area (Å²) in [7, 11) is 0. The number of ether oxygens (including phenoxy) is 5. The number of fused-ring (bicyclic) bond motifs is 5. The molecular weight excluding hydrogens is 787 g/mol. The molecule has 0 unspecified atom stereocenters. The first-order valence-electron chi connectivity index (χ1n) is 20.0. The van der Waals surface area contributed by atoms with Gasteiger partial charge in [-0.1, -0.05) is 84.9 Å². The third-order valence-electron chi connectivity index (χ3n) is 10.1. The van der Waals surface area contributed by atoms with Gasteiger partial charge in [-0.25, -0.2) is 9.18 Å². The molecule has 14 heteroatoms. The van der Waals surface area contributed by atoms with Crippen molar-refractivity contribution in [2.45, 2.75) is 51.8 Å². The number of carbonyl (C=O) groups excluding carboxylic acids is 2. The normalized spacial score (nSPS) is 13.4. The number of para-hydroxylation sites is 5. The Morgan fingerprint density at radius 1 is 0.623 bits per heavy atom. The van der Waals surface area contributed by atoms with E-state index in [0.717, 1.165) is 109 Å². The Hall–Kier alpha value is -5.05. The SMILES string of the molecule is NCc1cccc2c1OCC2.O=C(NCCF)NCc1cccc2c1OCC2.O=Cc1cccc2c1OCC2.OCc1cccc2c1OCC2.[B].[H-].[Na+].c1ccc2c(c1)CCO2. The van der Waals surface area contributed by atoms with Gasteiger partial charge in [-0.15, -0.1) is 0 Å². The van der Waals surface area contributed by atoms with Crippen LogP contribution in [0, 0.1) is 0 Å². The van der Waals surface area contributed by atoms with Crippen LogP contribution in [-0.2, 0) is 51.8 Å². The van der Waals surface area contributed by atoms with Crippen LogP contribution in [0.2, 0.25) is 0 Å². The molecule has 5 aliphatic heterocycles. The van der Waals surface area contributed by atoms with Gasteiger partial charge in [0.15, 0.2) is 6.29 Å². The van der Waals surface area contributed by atoms with Crippen molar-refractivity contribution < 1.29 is 73.8 Å². The molecule has 0 spiro atoms. The second-order valence-corrected chi connectivity index (χ2v) is 13.9. The Morgan fingerprint density at radius 2 is 1.08 bits per heavy atom. The zero-order valence-electron chi connectivity index (χ0n) is 35.8. The molecule has 0 aliphatic carbocycles. The number of aliphatic hydroxyl groups excluding tert-OH is 1. The fourth-order valence-corrected chi connectivity index (χ4v) is 7.13. The first-order valence-corrected chi connectivity index (χ1v) is 20.0. The Bertz CT molecular complexity index is 2100. The molecule has 0 saturated heterocycles. The number of alkyl halides is 1. The molecule has 0 fully saturated rings. The van der Waals surface area contributed by atoms with E-state index in [9.17, 15) is 14.0 Å². The van der Waals surface area contributed by atoms with Crippen LogP contribution in [-0.4, -0.2) is 72.1 Å². The third-order valence-corrected chi connectivity index (χ3v) is 10.1. The first-order chi connectivity index (χ1) is 29.0. The number of hydrogen-bond acceptors (Lipinski definition) is 9. The summed E-state index contributed by atoms with van der Waals surface area (Å²) < 4.78 is 38.7. The molecule has 0 atom stereocenters. The van der Waals surface area contributed by atoms with Crippen molar-refractivity contribution in [3.8, 4) is 28.7 Å². The number of carbonyl (C=O) groups is 2. The number of nitrogens with two attached hydrogens (primary N) is 1. The van der Waals surface area contributed by atoms with Gasteiger partial charge in [-0.3, -0.25) is 4.79 Å². The Morgan fingerprint density at radius 3 is 1.64 bits per heavy atom. The number of benzene rings is 5. The van der Waals surface area contributed by atoms with E-state index >= 15 is 0 Å². The Kier molecular flexibility index (Phi) is 20.5. The molecule has 11 nitrogen and oxygen atoms in total. The molecule has 5 aromatic rings. The second-order valence-electron chi connectivity index (χ2n) is 13.9. The molecule has 10 rings (SSSR count). The van der Waals surface area contributed by atoms with Crippen LogP contribution >= 0.6 is 0 Å². The predicted molar refractivity (Wildman–Crippen MR) is 230 cm³/mol. The van der Waals surface area contributed by atoms with E-state index in [0.29, 0.717) is 31.9 Å². The van der Waals surface area contributed by atoms with Crippen LogP contribution in [0.3, 0.4) is 0 Å². The molecule has 61 heavy (non-hydrogen) atoms. The second kappa shape index (κ2) is 25.7. The summed E-state index contributed by atoms with van der Waals surface area (Å²) in [4.78, 5) is 21.7. The van der Waals surface area contributed by atoms with Crippen molar-refractivity contribution in [1.82, 2.24) is 10.6 Å². The molecule has 5 N–H and O–H groups in total. The fraction of sp³-hybridized carbons (Fsp3) is 0.319. The molecule has 5 aromatic carbocycles. The zero-order chi connectivity index (χ0) is 41.2. The molecule has 3 radical (unpaired) electrons. The summed E-state index contributed by atoms with van der Waals surface area (Å²) in [5.74, 6) is 4.64. The van der Waals surface area contributed by atoms with Crippen LogP contribution in [0.1, 0.15) is 56.3 Å². The average Bonchev–Trinajstić information content (AvgIpc) is 4.14. The monoisotopic (exact) mass is 840 g/mol. The number of aldehydes is 1. The number of amides is 2. The number of hydrogen-bond donors (Lipinski definition) is 4. The zero-order valence-corrected chi connectivity index (χ0v) is 36.8. The van der Waals surface area contributed by atoms with Crippen molar-refractivity contribution in [3.05, 3.63) is 147 Å². The molecular formula is C47H53BFN3NaO8. The van der Waals surface area contributed by atoms with E-state index in [1.165, 1.54) is 22.3 Å². The first kappa shape index (κ1) is 48.6. The molecule has 315 valence electrons. The molecule has 2 amide bonds. The summed E-state index contributed by atoms with van der Waals surface area (Å²) in [6.07, 6.45) is 5.76. The van der Waals surface area contributed by atoms with Crippen molar-refractivity contribution in [2.24, 2.45) is 5.73 Å². The molecule has 0 aromatic heterocycles. The van der Waals surface area contributed by atoms with Crippen LogP contribution in [0.4, 0.5) is 9.18 Å². The standard InChI is InChI=1S/C12H15FN2O2.C9H11NO.C9H10O2.C9H8O2.C8H8O.B.Na.H/c13-5-6-14-12(16)15-8-10-3-1-2-9-4-7-17-11(9)10;3*10-6-8-3-1-2-7-4-5-11-9(7)8;1-2-4-8-7(3-1)5-6-9-8;;;/h1-3H,4-8H2,(H2,14,15,16);1-3H,4-6,10H2;1-3,10H,4-6H2;1-3,6H,4-5H2;1-4H,5-6H2;;;/q;;;;;;+1;-1. The summed E-state index contributed by atoms with van der Waals surface area (Å²) in [5, 5.41) is 14.0. The van der Waals surface area contributed by atoms with Crippen LogP contribution in [0.25, 0.3) is 0 Å². The van der Waals surface area contributed by atoms with Gasteiger partial charge in [0.05, 0.1) is 45.2 Å². The third kappa shape index (κ3) is 13.5. The van der Waals surface area contributed by atoms with Gasteiger partial charge in [-0.05, 0) is 39.9 Å². The minimum atomic E-state index is -0.558. The smallest absolute Gasteiger partial charge is 1.00 e. The molecule has 0 saturated carbocycles. The van der Waals surface area contributed by atoms with Crippen molar-refractivity contribution >= 4 is 20.7 Å². The van der Waals surface area contributed by atoms with Gasteiger partial charge >= 0.3 is 35.6 Å². The van der Waals surface area contributed by atoms with E-state index in [1.54, 1.807) is 6.07 Å². The number of urea groups is 1. The minimum absolute atomic E-state index is 0. The minimum Gasteiger partial charge on any atom is -1.00 e.